The van der Waals surface area contributed by atoms with Crippen molar-refractivity contribution in [2.45, 2.75) is 13.3 Å². The topological polar surface area (TPSA) is 57.6 Å². The maximum absolute atomic E-state index is 11.9. The van der Waals surface area contributed by atoms with Crippen LogP contribution < -0.4 is 4.90 Å². The van der Waals surface area contributed by atoms with E-state index in [1.807, 2.05) is 6.92 Å². The molecule has 4 nitrogen and oxygen atoms in total. The Morgan fingerprint density at radius 3 is 2.83 bits per heavy atom. The van der Waals surface area contributed by atoms with Crippen molar-refractivity contribution in [2.75, 3.05) is 17.3 Å². The quantitative estimate of drug-likeness (QED) is 0.855. The number of aryl methyl sites for hydroxylation is 1. The molecular weight excluding hydrogens is 254 g/mol. The van der Waals surface area contributed by atoms with Crippen LogP contribution >= 0.6 is 11.6 Å². The lowest BCUT2D eigenvalue weighted by molar-refractivity contribution is -0.117. The maximum Gasteiger partial charge on any atom is 0.337 e. The summed E-state index contributed by atoms with van der Waals surface area (Å²) in [5.41, 5.74) is 1.56. The standard InChI is InChI=1S/C13H14ClNO3/c1-8-2-3-10(13(17)18)11(4-8)15-7-9(6-14)5-12(15)16/h2-4,9H,5-7H2,1H3,(H,17,18). The van der Waals surface area contributed by atoms with E-state index in [4.69, 9.17) is 16.7 Å². The van der Waals surface area contributed by atoms with Crippen molar-refractivity contribution in [3.05, 3.63) is 29.3 Å². The van der Waals surface area contributed by atoms with Crippen LogP contribution in [0.3, 0.4) is 0 Å². The number of alkyl halides is 1. The fourth-order valence-corrected chi connectivity index (χ4v) is 2.37. The van der Waals surface area contributed by atoms with Gasteiger partial charge in [-0.1, -0.05) is 6.07 Å². The van der Waals surface area contributed by atoms with Crippen LogP contribution in [-0.4, -0.2) is 29.4 Å². The van der Waals surface area contributed by atoms with E-state index < -0.39 is 5.97 Å². The molecule has 0 aromatic heterocycles. The van der Waals surface area contributed by atoms with Crippen LogP contribution in [0.5, 0.6) is 0 Å². The second kappa shape index (κ2) is 4.98. The summed E-state index contributed by atoms with van der Waals surface area (Å²) in [5.74, 6) is -0.571. The van der Waals surface area contributed by atoms with Crippen molar-refractivity contribution in [2.24, 2.45) is 5.92 Å². The molecule has 1 atom stereocenters. The van der Waals surface area contributed by atoms with Gasteiger partial charge in [-0.2, -0.15) is 0 Å². The number of carboxylic acids is 1. The number of aromatic carboxylic acids is 1. The van der Waals surface area contributed by atoms with Crippen LogP contribution in [-0.2, 0) is 4.79 Å². The van der Waals surface area contributed by atoms with Gasteiger partial charge in [-0.3, -0.25) is 4.79 Å². The average molecular weight is 268 g/mol. The molecule has 0 spiro atoms. The highest BCUT2D eigenvalue weighted by Crippen LogP contribution is 2.29. The molecule has 1 aromatic rings. The lowest BCUT2D eigenvalue weighted by Gasteiger charge is -2.19. The summed E-state index contributed by atoms with van der Waals surface area (Å²) in [6.45, 7) is 2.36. The van der Waals surface area contributed by atoms with E-state index in [-0.39, 0.29) is 17.4 Å². The largest absolute Gasteiger partial charge is 0.478 e. The van der Waals surface area contributed by atoms with Crippen LogP contribution in [0.25, 0.3) is 0 Å². The van der Waals surface area contributed by atoms with E-state index in [9.17, 15) is 9.59 Å². The lowest BCUT2D eigenvalue weighted by atomic mass is 10.1. The number of amides is 1. The van der Waals surface area contributed by atoms with Crippen molar-refractivity contribution in [1.29, 1.82) is 0 Å². The Labute approximate surface area is 110 Å². The van der Waals surface area contributed by atoms with Gasteiger partial charge in [-0.05, 0) is 30.5 Å². The number of anilines is 1. The van der Waals surface area contributed by atoms with Gasteiger partial charge in [0.15, 0.2) is 0 Å². The summed E-state index contributed by atoms with van der Waals surface area (Å²) in [4.78, 5) is 24.6. The van der Waals surface area contributed by atoms with Crippen molar-refractivity contribution in [3.8, 4) is 0 Å². The molecule has 1 aliphatic rings. The Kier molecular flexibility index (Phi) is 3.57. The molecule has 1 unspecified atom stereocenters. The van der Waals surface area contributed by atoms with Crippen molar-refractivity contribution in [1.82, 2.24) is 0 Å². The number of carbonyl (C=O) groups is 2. The lowest BCUT2D eigenvalue weighted by Crippen LogP contribution is -2.26. The first-order chi connectivity index (χ1) is 8.52. The second-order valence-corrected chi connectivity index (χ2v) is 4.86. The first kappa shape index (κ1) is 12.9. The molecule has 1 aromatic carbocycles. The number of carbonyl (C=O) groups excluding carboxylic acids is 1. The van der Waals surface area contributed by atoms with Crippen LogP contribution in [0.2, 0.25) is 0 Å². The molecule has 18 heavy (non-hydrogen) atoms. The first-order valence-corrected chi connectivity index (χ1v) is 6.26. The monoisotopic (exact) mass is 267 g/mol. The molecule has 1 saturated heterocycles. The number of benzene rings is 1. The Bertz CT molecular complexity index is 501. The maximum atomic E-state index is 11.9. The summed E-state index contributed by atoms with van der Waals surface area (Å²) in [6.07, 6.45) is 0.385. The predicted molar refractivity (Wildman–Crippen MR) is 69.3 cm³/mol. The van der Waals surface area contributed by atoms with Gasteiger partial charge in [0, 0.05) is 18.8 Å². The Balaban J connectivity index is 2.41. The van der Waals surface area contributed by atoms with Gasteiger partial charge in [0.2, 0.25) is 5.91 Å². The molecule has 2 rings (SSSR count). The van der Waals surface area contributed by atoms with Crippen molar-refractivity contribution < 1.29 is 14.7 Å². The van der Waals surface area contributed by atoms with Crippen molar-refractivity contribution in [3.63, 3.8) is 0 Å². The first-order valence-electron chi connectivity index (χ1n) is 5.73. The van der Waals surface area contributed by atoms with E-state index in [1.54, 1.807) is 12.1 Å². The fraction of sp³-hybridized carbons (Fsp3) is 0.385. The van der Waals surface area contributed by atoms with Crippen LogP contribution in [0.1, 0.15) is 22.3 Å². The number of halogens is 1. The third-order valence-corrected chi connectivity index (χ3v) is 3.53. The van der Waals surface area contributed by atoms with Gasteiger partial charge in [0.1, 0.15) is 0 Å². The SMILES string of the molecule is Cc1ccc(C(=O)O)c(N2CC(CCl)CC2=O)c1. The third-order valence-electron chi connectivity index (χ3n) is 3.10. The molecule has 5 heteroatoms. The number of carboxylic acid groups (broad SMARTS) is 1. The summed E-state index contributed by atoms with van der Waals surface area (Å²) >= 11 is 5.76. The predicted octanol–water partition coefficient (Wildman–Crippen LogP) is 2.28. The van der Waals surface area contributed by atoms with E-state index >= 15 is 0 Å². The molecular formula is C13H14ClNO3. The highest BCUT2D eigenvalue weighted by Gasteiger charge is 2.32. The van der Waals surface area contributed by atoms with Crippen molar-refractivity contribution >= 4 is 29.2 Å². The van der Waals surface area contributed by atoms with Gasteiger partial charge < -0.3 is 10.0 Å². The Morgan fingerprint density at radius 1 is 1.56 bits per heavy atom. The molecule has 0 bridgehead atoms. The van der Waals surface area contributed by atoms with E-state index in [1.165, 1.54) is 11.0 Å². The smallest absolute Gasteiger partial charge is 0.337 e. The molecule has 0 aliphatic carbocycles. The van der Waals surface area contributed by atoms with Crippen LogP contribution in [0.4, 0.5) is 5.69 Å². The van der Waals surface area contributed by atoms with Gasteiger partial charge in [0.25, 0.3) is 0 Å². The third kappa shape index (κ3) is 2.34. The van der Waals surface area contributed by atoms with E-state index in [2.05, 4.69) is 0 Å². The Hall–Kier alpha value is -1.55. The number of nitrogens with zero attached hydrogens (tertiary/aromatic N) is 1. The van der Waals surface area contributed by atoms with E-state index in [0.717, 1.165) is 5.56 Å². The minimum absolute atomic E-state index is 0.0613. The van der Waals surface area contributed by atoms with Gasteiger partial charge >= 0.3 is 5.97 Å². The average Bonchev–Trinajstić information content (AvgIpc) is 2.70. The minimum atomic E-state index is -1.02. The molecule has 0 saturated carbocycles. The molecule has 1 heterocycles. The Morgan fingerprint density at radius 2 is 2.28 bits per heavy atom. The van der Waals surface area contributed by atoms with Gasteiger partial charge in [0.05, 0.1) is 11.3 Å². The molecule has 1 aliphatic heterocycles. The zero-order valence-electron chi connectivity index (χ0n) is 10.0. The second-order valence-electron chi connectivity index (χ2n) is 4.55. The summed E-state index contributed by atoms with van der Waals surface area (Å²) in [5, 5.41) is 9.16. The van der Waals surface area contributed by atoms with Gasteiger partial charge in [-0.25, -0.2) is 4.79 Å². The molecule has 1 amide bonds. The zero-order valence-corrected chi connectivity index (χ0v) is 10.8. The van der Waals surface area contributed by atoms with Crippen LogP contribution in [0, 0.1) is 12.8 Å². The molecule has 1 N–H and O–H groups in total. The summed E-state index contributed by atoms with van der Waals surface area (Å²) < 4.78 is 0. The molecule has 1 fully saturated rings. The van der Waals surface area contributed by atoms with E-state index in [0.29, 0.717) is 24.5 Å². The number of hydrogen-bond acceptors (Lipinski definition) is 2. The zero-order chi connectivity index (χ0) is 13.3. The fourth-order valence-electron chi connectivity index (χ4n) is 2.16. The highest BCUT2D eigenvalue weighted by molar-refractivity contribution is 6.18. The number of rotatable bonds is 3. The minimum Gasteiger partial charge on any atom is -0.478 e. The summed E-state index contributed by atoms with van der Waals surface area (Å²) in [7, 11) is 0. The summed E-state index contributed by atoms with van der Waals surface area (Å²) in [6, 6.07) is 5.00. The van der Waals surface area contributed by atoms with Gasteiger partial charge in [-0.15, -0.1) is 11.6 Å². The van der Waals surface area contributed by atoms with Crippen LogP contribution in [0.15, 0.2) is 18.2 Å². The molecule has 96 valence electrons. The number of hydrogen-bond donors (Lipinski definition) is 1. The highest BCUT2D eigenvalue weighted by atomic mass is 35.5. The normalized spacial score (nSPS) is 19.3. The molecule has 0 radical (unpaired) electrons.